The van der Waals surface area contributed by atoms with E-state index in [2.05, 4.69) is 31.0 Å². The summed E-state index contributed by atoms with van der Waals surface area (Å²) in [4.78, 5) is 5.32. The Bertz CT molecular complexity index is 653. The van der Waals surface area contributed by atoms with E-state index in [0.29, 0.717) is 10.3 Å². The summed E-state index contributed by atoms with van der Waals surface area (Å²) in [6.45, 7) is 3.73. The van der Waals surface area contributed by atoms with Crippen LogP contribution < -0.4 is 10.0 Å². The van der Waals surface area contributed by atoms with Gasteiger partial charge in [0.25, 0.3) is 0 Å². The number of hydrogen-bond donors (Lipinski definition) is 2. The molecule has 5 nitrogen and oxygen atoms in total. The van der Waals surface area contributed by atoms with E-state index in [4.69, 9.17) is 0 Å². The number of nitrogens with one attached hydrogen (secondary N) is 2. The number of aromatic nitrogens is 1. The average Bonchev–Trinajstić information content (AvgIpc) is 3.03. The third-order valence-corrected chi connectivity index (χ3v) is 6.76. The fraction of sp³-hybridized carbons (Fsp3) is 0.364. The maximum atomic E-state index is 12.3. The summed E-state index contributed by atoms with van der Waals surface area (Å²) < 4.78 is 27.7. The van der Waals surface area contributed by atoms with Crippen LogP contribution in [0.1, 0.15) is 17.5 Å². The van der Waals surface area contributed by atoms with Crippen molar-refractivity contribution in [3.8, 4) is 0 Å². The molecule has 0 saturated carbocycles. The van der Waals surface area contributed by atoms with Gasteiger partial charge in [0.15, 0.2) is 0 Å². The Morgan fingerprint density at radius 1 is 1.40 bits per heavy atom. The quantitative estimate of drug-likeness (QED) is 0.755. The number of sulfonamides is 1. The summed E-state index contributed by atoms with van der Waals surface area (Å²) in [5.74, 6) is 0. The van der Waals surface area contributed by atoms with E-state index in [1.165, 1.54) is 22.7 Å². The van der Waals surface area contributed by atoms with Gasteiger partial charge in [-0.3, -0.25) is 0 Å². The highest BCUT2D eigenvalue weighted by molar-refractivity contribution is 9.11. The molecule has 0 atom stereocenters. The van der Waals surface area contributed by atoms with Gasteiger partial charge in [-0.05, 0) is 28.5 Å². The van der Waals surface area contributed by atoms with Gasteiger partial charge in [-0.2, -0.15) is 0 Å². The molecule has 0 spiro atoms. The molecule has 0 aliphatic heterocycles. The van der Waals surface area contributed by atoms with Crippen molar-refractivity contribution in [1.29, 1.82) is 0 Å². The Morgan fingerprint density at radius 3 is 2.85 bits per heavy atom. The predicted molar refractivity (Wildman–Crippen MR) is 85.5 cm³/mol. The maximum Gasteiger partial charge on any atom is 0.242 e. The molecule has 2 aromatic rings. The maximum absolute atomic E-state index is 12.3. The molecule has 0 aromatic carbocycles. The smallest absolute Gasteiger partial charge is 0.242 e. The molecule has 0 fully saturated rings. The number of halogens is 1. The Balaban J connectivity index is 2.10. The first-order valence-electron chi connectivity index (χ1n) is 5.88. The van der Waals surface area contributed by atoms with Crippen LogP contribution in [0, 0.1) is 0 Å². The van der Waals surface area contributed by atoms with Gasteiger partial charge in [-0.15, -0.1) is 22.7 Å². The highest BCUT2D eigenvalue weighted by atomic mass is 79.9. The zero-order valence-electron chi connectivity index (χ0n) is 10.7. The molecule has 0 aliphatic carbocycles. The summed E-state index contributed by atoms with van der Waals surface area (Å²) in [6.07, 6.45) is 0. The molecule has 0 radical (unpaired) electrons. The van der Waals surface area contributed by atoms with E-state index in [9.17, 15) is 8.42 Å². The summed E-state index contributed by atoms with van der Waals surface area (Å²) in [5.41, 5.74) is 2.40. The molecule has 0 unspecified atom stereocenters. The monoisotopic (exact) mass is 395 g/mol. The predicted octanol–water partition coefficient (Wildman–Crippen LogP) is 2.56. The molecule has 2 heterocycles. The Hall–Kier alpha value is -0.320. The van der Waals surface area contributed by atoms with Gasteiger partial charge < -0.3 is 5.32 Å². The second-order valence-electron chi connectivity index (χ2n) is 3.94. The van der Waals surface area contributed by atoms with Crippen molar-refractivity contribution in [2.45, 2.75) is 24.9 Å². The van der Waals surface area contributed by atoms with E-state index >= 15 is 0 Å². The molecule has 0 aliphatic rings. The number of nitrogens with zero attached hydrogens (tertiary/aromatic N) is 1. The van der Waals surface area contributed by atoms with Crippen LogP contribution in [-0.2, 0) is 23.1 Å². The lowest BCUT2D eigenvalue weighted by atomic mass is 10.4. The van der Waals surface area contributed by atoms with Crippen LogP contribution in [0.2, 0.25) is 0 Å². The van der Waals surface area contributed by atoms with Crippen molar-refractivity contribution in [3.05, 3.63) is 31.3 Å². The third-order valence-electron chi connectivity index (χ3n) is 2.47. The number of thiazole rings is 1. The summed E-state index contributed by atoms with van der Waals surface area (Å²) >= 11 is 6.19. The zero-order valence-corrected chi connectivity index (χ0v) is 14.8. The standard InChI is InChI=1S/C11H14BrN3O2S3/c1-2-13-5-9-3-10(11(12)19-9)20(16,17)15-4-8-6-18-7-14-8/h3,6-7,13,15H,2,4-5H2,1H3. The fourth-order valence-corrected chi connectivity index (χ4v) is 5.70. The summed E-state index contributed by atoms with van der Waals surface area (Å²) in [5, 5.41) is 5.00. The zero-order chi connectivity index (χ0) is 14.6. The minimum Gasteiger partial charge on any atom is -0.312 e. The minimum absolute atomic E-state index is 0.205. The van der Waals surface area contributed by atoms with Gasteiger partial charge in [-0.25, -0.2) is 18.1 Å². The first-order chi connectivity index (χ1) is 9.53. The molecule has 2 aromatic heterocycles. The minimum atomic E-state index is -3.52. The van der Waals surface area contributed by atoms with Gasteiger partial charge in [-0.1, -0.05) is 6.92 Å². The highest BCUT2D eigenvalue weighted by Gasteiger charge is 2.20. The number of thiophene rings is 1. The van der Waals surface area contributed by atoms with E-state index in [1.54, 1.807) is 11.6 Å². The van der Waals surface area contributed by atoms with E-state index in [1.807, 2.05) is 12.3 Å². The molecule has 0 saturated heterocycles. The molecular weight excluding hydrogens is 382 g/mol. The van der Waals surface area contributed by atoms with Crippen molar-refractivity contribution >= 4 is 48.6 Å². The van der Waals surface area contributed by atoms with Crippen LogP contribution in [-0.4, -0.2) is 19.9 Å². The van der Waals surface area contributed by atoms with Gasteiger partial charge in [0.2, 0.25) is 10.0 Å². The second-order valence-corrected chi connectivity index (χ2v) is 8.84. The van der Waals surface area contributed by atoms with Gasteiger partial charge in [0.1, 0.15) is 4.90 Å². The van der Waals surface area contributed by atoms with Gasteiger partial charge >= 0.3 is 0 Å². The second kappa shape index (κ2) is 7.10. The molecule has 9 heteroatoms. The van der Waals surface area contributed by atoms with Crippen molar-refractivity contribution in [1.82, 2.24) is 15.0 Å². The van der Waals surface area contributed by atoms with E-state index < -0.39 is 10.0 Å². The van der Waals surface area contributed by atoms with Crippen LogP contribution >= 0.6 is 38.6 Å². The Morgan fingerprint density at radius 2 is 2.20 bits per heavy atom. The first kappa shape index (κ1) is 16.1. The van der Waals surface area contributed by atoms with Crippen LogP contribution in [0.4, 0.5) is 0 Å². The molecular formula is C11H14BrN3O2S3. The lowest BCUT2D eigenvalue weighted by Gasteiger charge is -2.03. The fourth-order valence-electron chi connectivity index (χ4n) is 1.49. The molecule has 2 N–H and O–H groups in total. The van der Waals surface area contributed by atoms with Crippen molar-refractivity contribution in [2.24, 2.45) is 0 Å². The topological polar surface area (TPSA) is 71.1 Å². The first-order valence-corrected chi connectivity index (χ1v) is 9.92. The molecule has 0 amide bonds. The Labute approximate surface area is 134 Å². The molecule has 2 rings (SSSR count). The average molecular weight is 396 g/mol. The molecule has 20 heavy (non-hydrogen) atoms. The van der Waals surface area contributed by atoms with Crippen molar-refractivity contribution in [2.75, 3.05) is 6.54 Å². The third kappa shape index (κ3) is 4.09. The lowest BCUT2D eigenvalue weighted by molar-refractivity contribution is 0.580. The summed E-state index contributed by atoms with van der Waals surface area (Å²) in [6, 6.07) is 1.70. The molecule has 110 valence electrons. The lowest BCUT2D eigenvalue weighted by Crippen LogP contribution is -2.23. The number of rotatable bonds is 7. The van der Waals surface area contributed by atoms with Crippen LogP contribution in [0.15, 0.2) is 25.6 Å². The van der Waals surface area contributed by atoms with Gasteiger partial charge in [0.05, 0.1) is 21.5 Å². The number of hydrogen-bond acceptors (Lipinski definition) is 6. The molecule has 0 bridgehead atoms. The van der Waals surface area contributed by atoms with E-state index in [-0.39, 0.29) is 11.4 Å². The van der Waals surface area contributed by atoms with Gasteiger partial charge in [0, 0.05) is 16.8 Å². The van der Waals surface area contributed by atoms with Crippen LogP contribution in [0.25, 0.3) is 0 Å². The van der Waals surface area contributed by atoms with E-state index in [0.717, 1.165) is 17.1 Å². The SMILES string of the molecule is CCNCc1cc(S(=O)(=O)NCc2cscn2)c(Br)s1. The van der Waals surface area contributed by atoms with Crippen LogP contribution in [0.3, 0.4) is 0 Å². The Kier molecular flexibility index (Phi) is 5.70. The summed E-state index contributed by atoms with van der Waals surface area (Å²) in [7, 11) is -3.52. The van der Waals surface area contributed by atoms with Crippen molar-refractivity contribution in [3.63, 3.8) is 0 Å². The van der Waals surface area contributed by atoms with Crippen molar-refractivity contribution < 1.29 is 8.42 Å². The largest absolute Gasteiger partial charge is 0.312 e. The van der Waals surface area contributed by atoms with Crippen LogP contribution in [0.5, 0.6) is 0 Å². The highest BCUT2D eigenvalue weighted by Crippen LogP contribution is 2.31. The normalized spacial score (nSPS) is 11.9.